The Morgan fingerprint density at radius 3 is 1.30 bits per heavy atom. The van der Waals surface area contributed by atoms with E-state index >= 15 is 0 Å². The van der Waals surface area contributed by atoms with Gasteiger partial charge < -0.3 is 19.3 Å². The second-order valence-electron chi connectivity index (χ2n) is 12.3. The number of aryl methyl sites for hydroxylation is 2. The molecule has 0 saturated carbocycles. The highest BCUT2D eigenvalue weighted by molar-refractivity contribution is 5.96. The van der Waals surface area contributed by atoms with E-state index in [2.05, 4.69) is 126 Å². The number of benzene rings is 3. The molecule has 0 aliphatic carbocycles. The van der Waals surface area contributed by atoms with Gasteiger partial charge in [-0.05, 0) is 128 Å². The Balaban J connectivity index is 1.79. The predicted molar refractivity (Wildman–Crippen MR) is 171 cm³/mol. The second-order valence-corrected chi connectivity index (χ2v) is 12.3. The molecule has 0 aromatic heterocycles. The van der Waals surface area contributed by atoms with Crippen molar-refractivity contribution in [2.24, 2.45) is 0 Å². The van der Waals surface area contributed by atoms with Crippen LogP contribution in [-0.2, 0) is 0 Å². The van der Waals surface area contributed by atoms with Crippen molar-refractivity contribution in [3.63, 3.8) is 0 Å². The fourth-order valence-corrected chi connectivity index (χ4v) is 6.69. The van der Waals surface area contributed by atoms with Gasteiger partial charge in [0.2, 0.25) is 0 Å². The van der Waals surface area contributed by atoms with E-state index in [1.54, 1.807) is 0 Å². The molecule has 3 aromatic carbocycles. The first-order chi connectivity index (χ1) is 18.9. The third-order valence-electron chi connectivity index (χ3n) is 8.18. The van der Waals surface area contributed by atoms with Gasteiger partial charge in [0, 0.05) is 22.5 Å². The van der Waals surface area contributed by atoms with E-state index in [0.29, 0.717) is 13.2 Å². The molecule has 0 fully saturated rings. The minimum Gasteiger partial charge on any atom is -0.494 e. The van der Waals surface area contributed by atoms with Crippen LogP contribution in [0.1, 0.15) is 77.6 Å². The van der Waals surface area contributed by atoms with Crippen LogP contribution in [0.15, 0.2) is 60.7 Å². The van der Waals surface area contributed by atoms with Gasteiger partial charge in [-0.25, -0.2) is 0 Å². The maximum Gasteiger partial charge on any atom is 0.120 e. The highest BCUT2D eigenvalue weighted by Crippen LogP contribution is 2.54. The zero-order chi connectivity index (χ0) is 29.0. The molecule has 2 heterocycles. The Hall–Kier alpha value is -3.66. The van der Waals surface area contributed by atoms with Crippen molar-refractivity contribution in [1.82, 2.24) is 0 Å². The van der Waals surface area contributed by atoms with Crippen molar-refractivity contribution in [2.45, 2.75) is 80.3 Å². The minimum atomic E-state index is -0.245. The Morgan fingerprint density at radius 1 is 0.575 bits per heavy atom. The molecule has 4 nitrogen and oxygen atoms in total. The first-order valence-corrected chi connectivity index (χ1v) is 14.5. The summed E-state index contributed by atoms with van der Waals surface area (Å²) < 4.78 is 11.8. The SMILES string of the molecule is CCOc1ccc2c(c1)C(C)=CC(C)(C)N2c1c(C)ccc(C)c1N1c2ccc(OCC)cc2C(C)=CC1(C)C. The van der Waals surface area contributed by atoms with Crippen molar-refractivity contribution in [3.05, 3.63) is 82.9 Å². The predicted octanol–water partition coefficient (Wildman–Crippen LogP) is 9.77. The molecule has 0 saturated heterocycles. The second kappa shape index (κ2) is 10.1. The van der Waals surface area contributed by atoms with Gasteiger partial charge in [-0.2, -0.15) is 0 Å². The van der Waals surface area contributed by atoms with Crippen LogP contribution in [0, 0.1) is 13.8 Å². The number of fused-ring (bicyclic) bond motifs is 2. The fourth-order valence-electron chi connectivity index (χ4n) is 6.69. The number of anilines is 4. The average molecular weight is 537 g/mol. The largest absolute Gasteiger partial charge is 0.494 e. The van der Waals surface area contributed by atoms with Gasteiger partial charge in [-0.3, -0.25) is 0 Å². The van der Waals surface area contributed by atoms with Gasteiger partial charge in [0.1, 0.15) is 11.5 Å². The lowest BCUT2D eigenvalue weighted by atomic mass is 9.84. The van der Waals surface area contributed by atoms with E-state index in [-0.39, 0.29) is 11.1 Å². The molecule has 3 aromatic rings. The topological polar surface area (TPSA) is 24.9 Å². The van der Waals surface area contributed by atoms with Crippen LogP contribution >= 0.6 is 0 Å². The summed E-state index contributed by atoms with van der Waals surface area (Å²) in [5, 5.41) is 0. The smallest absolute Gasteiger partial charge is 0.120 e. The van der Waals surface area contributed by atoms with Gasteiger partial charge in [0.15, 0.2) is 0 Å². The minimum absolute atomic E-state index is 0.245. The number of allylic oxidation sites excluding steroid dienone is 2. The molecule has 5 rings (SSSR count). The van der Waals surface area contributed by atoms with Gasteiger partial charge >= 0.3 is 0 Å². The number of hydrogen-bond donors (Lipinski definition) is 0. The molecule has 0 unspecified atom stereocenters. The zero-order valence-electron chi connectivity index (χ0n) is 25.9. The highest BCUT2D eigenvalue weighted by atomic mass is 16.5. The average Bonchev–Trinajstić information content (AvgIpc) is 2.87. The number of nitrogens with zero attached hydrogens (tertiary/aromatic N) is 2. The molecule has 2 aliphatic heterocycles. The fraction of sp³-hybridized carbons (Fsp3) is 0.389. The molecular formula is C36H44N2O2. The Labute approximate surface area is 240 Å². The van der Waals surface area contributed by atoms with E-state index in [4.69, 9.17) is 9.47 Å². The van der Waals surface area contributed by atoms with E-state index in [1.165, 1.54) is 56.1 Å². The van der Waals surface area contributed by atoms with Crippen LogP contribution in [0.4, 0.5) is 22.7 Å². The quantitative estimate of drug-likeness (QED) is 0.313. The Bertz CT molecular complexity index is 1410. The van der Waals surface area contributed by atoms with Crippen LogP contribution in [-0.4, -0.2) is 24.3 Å². The number of ether oxygens (including phenoxy) is 2. The first-order valence-electron chi connectivity index (χ1n) is 14.5. The molecule has 0 bridgehead atoms. The summed E-state index contributed by atoms with van der Waals surface area (Å²) in [6, 6.07) is 17.6. The molecule has 0 radical (unpaired) electrons. The highest BCUT2D eigenvalue weighted by Gasteiger charge is 2.40. The summed E-state index contributed by atoms with van der Waals surface area (Å²) in [5.41, 5.74) is 11.9. The summed E-state index contributed by atoms with van der Waals surface area (Å²) in [6.45, 7) is 23.5. The molecule has 4 heteroatoms. The lowest BCUT2D eigenvalue weighted by Crippen LogP contribution is -2.46. The monoisotopic (exact) mass is 536 g/mol. The Kier molecular flexibility index (Phi) is 7.02. The van der Waals surface area contributed by atoms with E-state index in [1.807, 2.05) is 13.8 Å². The van der Waals surface area contributed by atoms with E-state index in [9.17, 15) is 0 Å². The Morgan fingerprint density at radius 2 is 0.950 bits per heavy atom. The lowest BCUT2D eigenvalue weighted by molar-refractivity contribution is 0.340. The van der Waals surface area contributed by atoms with Crippen LogP contribution in [0.3, 0.4) is 0 Å². The van der Waals surface area contributed by atoms with Crippen LogP contribution in [0.2, 0.25) is 0 Å². The number of rotatable bonds is 6. The third kappa shape index (κ3) is 4.58. The molecule has 210 valence electrons. The van der Waals surface area contributed by atoms with Crippen molar-refractivity contribution in [2.75, 3.05) is 23.0 Å². The van der Waals surface area contributed by atoms with Crippen molar-refractivity contribution in [3.8, 4) is 11.5 Å². The van der Waals surface area contributed by atoms with Gasteiger partial charge in [0.25, 0.3) is 0 Å². The lowest BCUT2D eigenvalue weighted by Gasteiger charge is -2.49. The molecule has 0 spiro atoms. The molecule has 40 heavy (non-hydrogen) atoms. The number of hydrogen-bond acceptors (Lipinski definition) is 4. The summed E-state index contributed by atoms with van der Waals surface area (Å²) in [5.74, 6) is 1.82. The maximum absolute atomic E-state index is 5.91. The third-order valence-corrected chi connectivity index (χ3v) is 8.18. The maximum atomic E-state index is 5.91. The van der Waals surface area contributed by atoms with Gasteiger partial charge in [0.05, 0.1) is 35.7 Å². The van der Waals surface area contributed by atoms with Crippen LogP contribution in [0.5, 0.6) is 11.5 Å². The zero-order valence-corrected chi connectivity index (χ0v) is 25.9. The molecule has 0 atom stereocenters. The van der Waals surface area contributed by atoms with Crippen molar-refractivity contribution in [1.29, 1.82) is 0 Å². The molecule has 2 aliphatic rings. The molecule has 0 N–H and O–H groups in total. The molecule has 0 amide bonds. The summed E-state index contributed by atoms with van der Waals surface area (Å²) >= 11 is 0. The van der Waals surface area contributed by atoms with E-state index < -0.39 is 0 Å². The van der Waals surface area contributed by atoms with Gasteiger partial charge in [-0.15, -0.1) is 0 Å². The van der Waals surface area contributed by atoms with Crippen LogP contribution < -0.4 is 19.3 Å². The summed E-state index contributed by atoms with van der Waals surface area (Å²) in [7, 11) is 0. The summed E-state index contributed by atoms with van der Waals surface area (Å²) in [6.07, 6.45) is 4.79. The standard InChI is InChI=1S/C36H44N2O2/c1-11-39-27-15-17-31-29(19-27)25(5)21-35(7,8)37(31)33-23(3)13-14-24(4)34(33)38-32-18-16-28(40-12-2)20-30(32)26(6)22-36(38,9)10/h13-22H,11-12H2,1-10H3. The summed E-state index contributed by atoms with van der Waals surface area (Å²) in [4.78, 5) is 5.08. The normalized spacial score (nSPS) is 17.1. The van der Waals surface area contributed by atoms with Crippen LogP contribution in [0.25, 0.3) is 11.1 Å². The van der Waals surface area contributed by atoms with Crippen molar-refractivity contribution < 1.29 is 9.47 Å². The first kappa shape index (κ1) is 27.9. The van der Waals surface area contributed by atoms with Crippen molar-refractivity contribution >= 4 is 33.9 Å². The van der Waals surface area contributed by atoms with E-state index in [0.717, 1.165) is 11.5 Å². The van der Waals surface area contributed by atoms with Gasteiger partial charge in [-0.1, -0.05) is 24.3 Å². The molecular weight excluding hydrogens is 492 g/mol.